The molecule has 0 saturated heterocycles. The zero-order valence-corrected chi connectivity index (χ0v) is 10.5. The van der Waals surface area contributed by atoms with Crippen LogP contribution in [0.5, 0.6) is 5.75 Å². The lowest BCUT2D eigenvalue weighted by molar-refractivity contribution is 0.0275. The van der Waals surface area contributed by atoms with E-state index in [2.05, 4.69) is 17.3 Å². The first-order valence-corrected chi connectivity index (χ1v) is 6.75. The first kappa shape index (κ1) is 10.4. The summed E-state index contributed by atoms with van der Waals surface area (Å²) in [6, 6.07) is 8.18. The summed E-state index contributed by atoms with van der Waals surface area (Å²) in [5.41, 5.74) is 2.35. The van der Waals surface area contributed by atoms with E-state index >= 15 is 0 Å². The van der Waals surface area contributed by atoms with Crippen molar-refractivity contribution in [2.75, 3.05) is 7.11 Å². The molecule has 0 radical (unpaired) electrons. The summed E-state index contributed by atoms with van der Waals surface area (Å²) in [6.45, 7) is 0. The van der Waals surface area contributed by atoms with E-state index in [0.717, 1.165) is 23.3 Å². The predicted molar refractivity (Wildman–Crippen MR) is 68.7 cm³/mol. The topological polar surface area (TPSA) is 30.8 Å². The monoisotopic (exact) mass is 243 g/mol. The van der Waals surface area contributed by atoms with Crippen molar-refractivity contribution >= 4 is 5.71 Å². The molecule has 4 atom stereocenters. The molecule has 1 heterocycles. The van der Waals surface area contributed by atoms with Crippen molar-refractivity contribution in [2.45, 2.75) is 25.4 Å². The third-order valence-electron chi connectivity index (χ3n) is 4.81. The number of ether oxygens (including phenoxy) is 1. The van der Waals surface area contributed by atoms with E-state index in [0.29, 0.717) is 12.0 Å². The molecule has 94 valence electrons. The van der Waals surface area contributed by atoms with Gasteiger partial charge in [0.2, 0.25) is 0 Å². The molecule has 3 aliphatic rings. The average Bonchev–Trinajstić information content (AvgIpc) is 3.11. The Morgan fingerprint density at radius 2 is 1.94 bits per heavy atom. The minimum Gasteiger partial charge on any atom is -0.497 e. The summed E-state index contributed by atoms with van der Waals surface area (Å²) in [5.74, 6) is 2.97. The fraction of sp³-hybridized carbons (Fsp3) is 0.533. The summed E-state index contributed by atoms with van der Waals surface area (Å²) in [5, 5.41) is 4.36. The minimum absolute atomic E-state index is 0.362. The molecule has 0 aromatic heterocycles. The van der Waals surface area contributed by atoms with E-state index in [1.807, 2.05) is 12.1 Å². The number of fused-ring (bicyclic) bond motifs is 5. The number of hydrogen-bond acceptors (Lipinski definition) is 3. The van der Waals surface area contributed by atoms with Crippen molar-refractivity contribution in [2.24, 2.45) is 22.9 Å². The third kappa shape index (κ3) is 1.33. The molecule has 0 unspecified atom stereocenters. The van der Waals surface area contributed by atoms with Crippen molar-refractivity contribution < 1.29 is 9.57 Å². The van der Waals surface area contributed by atoms with Crippen LogP contribution in [0, 0.1) is 17.8 Å². The Morgan fingerprint density at radius 3 is 2.72 bits per heavy atom. The maximum absolute atomic E-state index is 5.69. The average molecular weight is 243 g/mol. The maximum atomic E-state index is 5.69. The molecule has 0 spiro atoms. The second-order valence-corrected chi connectivity index (χ2v) is 5.63. The highest BCUT2D eigenvalue weighted by Crippen LogP contribution is 2.53. The second kappa shape index (κ2) is 3.74. The van der Waals surface area contributed by atoms with Gasteiger partial charge in [0, 0.05) is 11.5 Å². The zero-order valence-electron chi connectivity index (χ0n) is 10.5. The zero-order chi connectivity index (χ0) is 12.1. The van der Waals surface area contributed by atoms with E-state index in [9.17, 15) is 0 Å². The molecule has 3 heteroatoms. The van der Waals surface area contributed by atoms with Crippen molar-refractivity contribution in [3.05, 3.63) is 29.8 Å². The van der Waals surface area contributed by atoms with Crippen LogP contribution in [0.3, 0.4) is 0 Å². The molecule has 4 rings (SSSR count). The molecule has 2 bridgehead atoms. The lowest BCUT2D eigenvalue weighted by Gasteiger charge is -2.23. The van der Waals surface area contributed by atoms with Gasteiger partial charge in [0.05, 0.1) is 12.8 Å². The van der Waals surface area contributed by atoms with Crippen LogP contribution >= 0.6 is 0 Å². The van der Waals surface area contributed by atoms with E-state index in [1.165, 1.54) is 24.8 Å². The van der Waals surface area contributed by atoms with Crippen LogP contribution in [0.4, 0.5) is 0 Å². The number of nitrogens with zero attached hydrogens (tertiary/aromatic N) is 1. The van der Waals surface area contributed by atoms with Gasteiger partial charge < -0.3 is 9.57 Å². The highest BCUT2D eigenvalue weighted by Gasteiger charge is 2.54. The minimum atomic E-state index is 0.362. The Balaban J connectivity index is 1.65. The van der Waals surface area contributed by atoms with E-state index in [1.54, 1.807) is 7.11 Å². The van der Waals surface area contributed by atoms with Crippen LogP contribution in [-0.2, 0) is 4.84 Å². The van der Waals surface area contributed by atoms with Gasteiger partial charge >= 0.3 is 0 Å². The first-order valence-electron chi connectivity index (χ1n) is 6.75. The quantitative estimate of drug-likeness (QED) is 0.799. The van der Waals surface area contributed by atoms with Gasteiger partial charge in [-0.25, -0.2) is 0 Å². The molecule has 3 nitrogen and oxygen atoms in total. The van der Waals surface area contributed by atoms with E-state index < -0.39 is 0 Å². The van der Waals surface area contributed by atoms with Crippen LogP contribution in [-0.4, -0.2) is 18.9 Å². The molecule has 0 N–H and O–H groups in total. The first-order chi connectivity index (χ1) is 8.86. The normalized spacial score (nSPS) is 36.2. The molecular weight excluding hydrogens is 226 g/mol. The molecule has 1 aromatic rings. The van der Waals surface area contributed by atoms with Crippen molar-refractivity contribution in [3.63, 3.8) is 0 Å². The number of benzene rings is 1. The van der Waals surface area contributed by atoms with Gasteiger partial charge in [-0.2, -0.15) is 0 Å². The van der Waals surface area contributed by atoms with Gasteiger partial charge in [-0.15, -0.1) is 0 Å². The smallest absolute Gasteiger partial charge is 0.139 e. The Kier molecular flexibility index (Phi) is 2.16. The van der Waals surface area contributed by atoms with Gasteiger partial charge in [-0.3, -0.25) is 0 Å². The van der Waals surface area contributed by atoms with Gasteiger partial charge in [0.1, 0.15) is 11.9 Å². The van der Waals surface area contributed by atoms with Gasteiger partial charge in [0.15, 0.2) is 0 Å². The van der Waals surface area contributed by atoms with Crippen molar-refractivity contribution in [3.8, 4) is 5.75 Å². The van der Waals surface area contributed by atoms with Crippen LogP contribution in [0.25, 0.3) is 0 Å². The number of methoxy groups -OCH3 is 1. The Morgan fingerprint density at radius 1 is 1.17 bits per heavy atom. The van der Waals surface area contributed by atoms with Crippen LogP contribution in [0.2, 0.25) is 0 Å². The van der Waals surface area contributed by atoms with Crippen LogP contribution in [0.15, 0.2) is 29.4 Å². The lowest BCUT2D eigenvalue weighted by atomic mass is 9.81. The molecule has 2 aliphatic carbocycles. The van der Waals surface area contributed by atoms with Crippen molar-refractivity contribution in [1.82, 2.24) is 0 Å². The standard InChI is InChI=1S/C15H17NO2/c1-17-12-6-4-9(5-7-12)14-13-10-2-3-11(8-10)15(13)18-16-14/h4-7,10-11,13,15H,2-3,8H2,1H3/t10-,11+,13+,15+/m0/s1. The maximum Gasteiger partial charge on any atom is 0.139 e. The molecule has 18 heavy (non-hydrogen) atoms. The Bertz CT molecular complexity index is 494. The summed E-state index contributed by atoms with van der Waals surface area (Å²) < 4.78 is 5.20. The van der Waals surface area contributed by atoms with Gasteiger partial charge in [0.25, 0.3) is 0 Å². The SMILES string of the molecule is COc1ccc(C2=NO[C@@H]3[C@@H]4CC[C@@H](C4)[C@H]23)cc1. The Hall–Kier alpha value is -1.51. The van der Waals surface area contributed by atoms with Gasteiger partial charge in [-0.1, -0.05) is 5.16 Å². The van der Waals surface area contributed by atoms with Crippen molar-refractivity contribution in [1.29, 1.82) is 0 Å². The third-order valence-corrected chi connectivity index (χ3v) is 4.81. The molecule has 1 aromatic carbocycles. The lowest BCUT2D eigenvalue weighted by Crippen LogP contribution is -2.29. The molecule has 2 saturated carbocycles. The van der Waals surface area contributed by atoms with E-state index in [-0.39, 0.29) is 0 Å². The number of rotatable bonds is 2. The summed E-state index contributed by atoms with van der Waals surface area (Å²) in [7, 11) is 1.69. The molecular formula is C15H17NO2. The molecule has 0 amide bonds. The second-order valence-electron chi connectivity index (χ2n) is 5.63. The van der Waals surface area contributed by atoms with Gasteiger partial charge in [-0.05, 0) is 55.4 Å². The fourth-order valence-corrected chi connectivity index (χ4v) is 3.95. The fourth-order valence-electron chi connectivity index (χ4n) is 3.95. The summed E-state index contributed by atoms with van der Waals surface area (Å²) in [4.78, 5) is 5.69. The largest absolute Gasteiger partial charge is 0.497 e. The Labute approximate surface area is 107 Å². The molecule has 1 aliphatic heterocycles. The number of hydrogen-bond donors (Lipinski definition) is 0. The molecule has 2 fully saturated rings. The van der Waals surface area contributed by atoms with Crippen LogP contribution < -0.4 is 4.74 Å². The summed E-state index contributed by atoms with van der Waals surface area (Å²) >= 11 is 0. The highest BCUT2D eigenvalue weighted by molar-refractivity contribution is 6.03. The summed E-state index contributed by atoms with van der Waals surface area (Å²) in [6.07, 6.45) is 4.38. The van der Waals surface area contributed by atoms with E-state index in [4.69, 9.17) is 9.57 Å². The predicted octanol–water partition coefficient (Wildman–Crippen LogP) is 2.84. The van der Waals surface area contributed by atoms with Crippen LogP contribution in [0.1, 0.15) is 24.8 Å². The highest BCUT2D eigenvalue weighted by atomic mass is 16.6. The number of oxime groups is 1.